The van der Waals surface area contributed by atoms with Crippen molar-refractivity contribution in [2.45, 2.75) is 32.7 Å². The van der Waals surface area contributed by atoms with Crippen molar-refractivity contribution in [2.75, 3.05) is 18.4 Å². The molecule has 152 valence electrons. The van der Waals surface area contributed by atoms with Crippen molar-refractivity contribution in [2.24, 2.45) is 0 Å². The number of carbonyl (C=O) groups excluding carboxylic acids is 3. The number of anilines is 1. The zero-order chi connectivity index (χ0) is 20.8. The van der Waals surface area contributed by atoms with Gasteiger partial charge < -0.3 is 10.2 Å². The van der Waals surface area contributed by atoms with Gasteiger partial charge >= 0.3 is 0 Å². The summed E-state index contributed by atoms with van der Waals surface area (Å²) in [6.45, 7) is 4.12. The summed E-state index contributed by atoms with van der Waals surface area (Å²) in [6.07, 6.45) is 0.859. The molecule has 1 aliphatic rings. The van der Waals surface area contributed by atoms with Gasteiger partial charge in [-0.05, 0) is 36.6 Å². The minimum Gasteiger partial charge on any atom is -0.376 e. The lowest BCUT2D eigenvalue weighted by molar-refractivity contribution is -0.134. The van der Waals surface area contributed by atoms with Gasteiger partial charge in [-0.2, -0.15) is 0 Å². The highest BCUT2D eigenvalue weighted by Gasteiger charge is 2.30. The van der Waals surface area contributed by atoms with Crippen LogP contribution < -0.4 is 16.2 Å². The summed E-state index contributed by atoms with van der Waals surface area (Å²) in [7, 11) is 0. The third-order valence-electron chi connectivity index (χ3n) is 5.04. The lowest BCUT2D eigenvalue weighted by Crippen LogP contribution is -2.46. The summed E-state index contributed by atoms with van der Waals surface area (Å²) >= 11 is 0. The van der Waals surface area contributed by atoms with E-state index in [1.165, 1.54) is 6.92 Å². The van der Waals surface area contributed by atoms with Crippen LogP contribution in [0, 0.1) is 6.92 Å². The number of nitrogens with one attached hydrogen (secondary N) is 3. The monoisotopic (exact) mass is 394 g/mol. The second-order valence-electron chi connectivity index (χ2n) is 7.20. The number of hydrazine groups is 1. The molecule has 1 unspecified atom stereocenters. The van der Waals surface area contributed by atoms with E-state index in [0.717, 1.165) is 28.8 Å². The number of carbonyl (C=O) groups is 3. The topological polar surface area (TPSA) is 90.5 Å². The van der Waals surface area contributed by atoms with Gasteiger partial charge in [0.05, 0.1) is 19.0 Å². The Kier molecular flexibility index (Phi) is 6.49. The average Bonchev–Trinajstić information content (AvgIpc) is 2.72. The molecule has 1 atom stereocenters. The van der Waals surface area contributed by atoms with Crippen molar-refractivity contribution in [3.63, 3.8) is 0 Å². The van der Waals surface area contributed by atoms with Crippen LogP contribution in [-0.2, 0) is 20.8 Å². The van der Waals surface area contributed by atoms with Gasteiger partial charge in [0.2, 0.25) is 11.8 Å². The van der Waals surface area contributed by atoms with Gasteiger partial charge in [-0.1, -0.05) is 42.0 Å². The first kappa shape index (κ1) is 20.4. The van der Waals surface area contributed by atoms with E-state index < -0.39 is 0 Å². The first-order chi connectivity index (χ1) is 13.9. The van der Waals surface area contributed by atoms with Crippen molar-refractivity contribution in [1.82, 2.24) is 15.8 Å². The largest absolute Gasteiger partial charge is 0.376 e. The summed E-state index contributed by atoms with van der Waals surface area (Å²) in [5.74, 6) is -0.767. The standard InChI is InChI=1S/C22H26N4O3/c1-15-7-9-18(10-8-15)23-14-22(29)25-24-21(28)13-20-19-6-4-3-5-17(19)11-12-26(20)16(2)27/h3-10,20,23H,11-14H2,1-2H3,(H,24,28)(H,25,29). The maximum Gasteiger partial charge on any atom is 0.257 e. The zero-order valence-corrected chi connectivity index (χ0v) is 16.7. The summed E-state index contributed by atoms with van der Waals surface area (Å²) in [6, 6.07) is 15.2. The van der Waals surface area contributed by atoms with Gasteiger partial charge in [-0.25, -0.2) is 0 Å². The van der Waals surface area contributed by atoms with Crippen LogP contribution in [-0.4, -0.2) is 35.7 Å². The number of fused-ring (bicyclic) bond motifs is 1. The van der Waals surface area contributed by atoms with Gasteiger partial charge in [0, 0.05) is 19.2 Å². The summed E-state index contributed by atoms with van der Waals surface area (Å²) < 4.78 is 0. The molecule has 2 aromatic rings. The van der Waals surface area contributed by atoms with E-state index in [-0.39, 0.29) is 36.7 Å². The third-order valence-corrected chi connectivity index (χ3v) is 5.04. The van der Waals surface area contributed by atoms with E-state index >= 15 is 0 Å². The Morgan fingerprint density at radius 1 is 1.00 bits per heavy atom. The molecule has 0 aromatic heterocycles. The smallest absolute Gasteiger partial charge is 0.257 e. The number of benzene rings is 2. The van der Waals surface area contributed by atoms with E-state index in [9.17, 15) is 14.4 Å². The van der Waals surface area contributed by atoms with Gasteiger partial charge in [0.1, 0.15) is 0 Å². The number of aryl methyl sites for hydroxylation is 1. The van der Waals surface area contributed by atoms with Crippen LogP contribution in [0.25, 0.3) is 0 Å². The Bertz CT molecular complexity index is 895. The van der Waals surface area contributed by atoms with E-state index in [0.29, 0.717) is 6.54 Å². The molecule has 1 heterocycles. The molecular weight excluding hydrogens is 368 g/mol. The lowest BCUT2D eigenvalue weighted by atomic mass is 9.90. The molecule has 0 bridgehead atoms. The average molecular weight is 394 g/mol. The minimum atomic E-state index is -0.355. The molecule has 0 radical (unpaired) electrons. The summed E-state index contributed by atoms with van der Waals surface area (Å²) in [4.78, 5) is 38.2. The SMILES string of the molecule is CC(=O)N1CCc2ccccc2C1CC(=O)NNC(=O)CNc1ccc(C)cc1. The Labute approximate surface area is 170 Å². The van der Waals surface area contributed by atoms with Gasteiger partial charge in [0.15, 0.2) is 0 Å². The van der Waals surface area contributed by atoms with Crippen molar-refractivity contribution in [1.29, 1.82) is 0 Å². The second kappa shape index (κ2) is 9.23. The summed E-state index contributed by atoms with van der Waals surface area (Å²) in [5, 5.41) is 3.00. The van der Waals surface area contributed by atoms with E-state index in [2.05, 4.69) is 16.2 Å². The third kappa shape index (κ3) is 5.34. The maximum atomic E-state index is 12.4. The molecule has 7 nitrogen and oxygen atoms in total. The van der Waals surface area contributed by atoms with Crippen molar-refractivity contribution in [3.8, 4) is 0 Å². The number of rotatable bonds is 5. The van der Waals surface area contributed by atoms with Crippen molar-refractivity contribution < 1.29 is 14.4 Å². The number of nitrogens with zero attached hydrogens (tertiary/aromatic N) is 1. The molecule has 3 rings (SSSR count). The number of hydrogen-bond acceptors (Lipinski definition) is 4. The molecule has 29 heavy (non-hydrogen) atoms. The lowest BCUT2D eigenvalue weighted by Gasteiger charge is -2.36. The Morgan fingerprint density at radius 3 is 2.41 bits per heavy atom. The van der Waals surface area contributed by atoms with Crippen molar-refractivity contribution >= 4 is 23.4 Å². The molecule has 0 saturated heterocycles. The number of amides is 3. The molecular formula is C22H26N4O3. The highest BCUT2D eigenvalue weighted by atomic mass is 16.2. The zero-order valence-electron chi connectivity index (χ0n) is 16.7. The minimum absolute atomic E-state index is 0.0369. The van der Waals surface area contributed by atoms with Gasteiger partial charge in [-0.15, -0.1) is 0 Å². The van der Waals surface area contributed by atoms with Crippen LogP contribution in [0.3, 0.4) is 0 Å². The summed E-state index contributed by atoms with van der Waals surface area (Å²) in [5.41, 5.74) is 8.96. The molecule has 0 fully saturated rings. The maximum absolute atomic E-state index is 12.4. The van der Waals surface area contributed by atoms with E-state index in [1.807, 2.05) is 55.5 Å². The first-order valence-electron chi connectivity index (χ1n) is 9.67. The van der Waals surface area contributed by atoms with E-state index in [4.69, 9.17) is 0 Å². The Morgan fingerprint density at radius 2 is 1.69 bits per heavy atom. The van der Waals surface area contributed by atoms with E-state index in [1.54, 1.807) is 4.90 Å². The fraction of sp³-hybridized carbons (Fsp3) is 0.318. The van der Waals surface area contributed by atoms with Crippen LogP contribution in [0.1, 0.15) is 36.1 Å². The van der Waals surface area contributed by atoms with Crippen LogP contribution in [0.2, 0.25) is 0 Å². The van der Waals surface area contributed by atoms with Crippen LogP contribution in [0.4, 0.5) is 5.69 Å². The number of hydrogen-bond donors (Lipinski definition) is 3. The predicted octanol–water partition coefficient (Wildman–Crippen LogP) is 2.09. The fourth-order valence-corrected chi connectivity index (χ4v) is 3.51. The van der Waals surface area contributed by atoms with Crippen LogP contribution in [0.5, 0.6) is 0 Å². The van der Waals surface area contributed by atoms with Crippen LogP contribution >= 0.6 is 0 Å². The normalized spacial score (nSPS) is 15.2. The molecule has 7 heteroatoms. The molecule has 1 aliphatic heterocycles. The molecule has 3 N–H and O–H groups in total. The molecule has 2 aromatic carbocycles. The van der Waals surface area contributed by atoms with Crippen LogP contribution in [0.15, 0.2) is 48.5 Å². The Balaban J connectivity index is 1.53. The molecule has 0 spiro atoms. The van der Waals surface area contributed by atoms with Gasteiger partial charge in [0.25, 0.3) is 5.91 Å². The second-order valence-corrected chi connectivity index (χ2v) is 7.20. The Hall–Kier alpha value is -3.35. The molecule has 0 aliphatic carbocycles. The van der Waals surface area contributed by atoms with Gasteiger partial charge in [-0.3, -0.25) is 25.2 Å². The highest BCUT2D eigenvalue weighted by Crippen LogP contribution is 2.32. The first-order valence-corrected chi connectivity index (χ1v) is 9.67. The molecule has 0 saturated carbocycles. The highest BCUT2D eigenvalue weighted by molar-refractivity contribution is 5.85. The quantitative estimate of drug-likeness (QED) is 0.678. The molecule has 3 amide bonds. The predicted molar refractivity (Wildman–Crippen MR) is 111 cm³/mol. The fourth-order valence-electron chi connectivity index (χ4n) is 3.51. The van der Waals surface area contributed by atoms with Crippen molar-refractivity contribution in [3.05, 3.63) is 65.2 Å².